The molecule has 2 fully saturated rings. The second-order valence-corrected chi connectivity index (χ2v) is 7.53. The largest absolute Gasteiger partial charge is 0.496 e. The van der Waals surface area contributed by atoms with Crippen molar-refractivity contribution in [2.24, 2.45) is 5.92 Å². The SMILES string of the molecule is COc1ccc(C)cc1CC(=O)N1CCCN(C(=O)C2CCCC2)CC1. The molecule has 0 radical (unpaired) electrons. The van der Waals surface area contributed by atoms with Crippen LogP contribution in [0.4, 0.5) is 0 Å². The van der Waals surface area contributed by atoms with Crippen LogP contribution in [0.3, 0.4) is 0 Å². The van der Waals surface area contributed by atoms with Crippen LogP contribution in [0.2, 0.25) is 0 Å². The Morgan fingerprint density at radius 2 is 1.73 bits per heavy atom. The summed E-state index contributed by atoms with van der Waals surface area (Å²) >= 11 is 0. The first kappa shape index (κ1) is 18.7. The predicted molar refractivity (Wildman–Crippen MR) is 101 cm³/mol. The van der Waals surface area contributed by atoms with Crippen molar-refractivity contribution in [3.05, 3.63) is 29.3 Å². The third-order valence-corrected chi connectivity index (χ3v) is 5.64. The van der Waals surface area contributed by atoms with Crippen LogP contribution in [0.5, 0.6) is 5.75 Å². The van der Waals surface area contributed by atoms with Gasteiger partial charge in [0.15, 0.2) is 0 Å². The quantitative estimate of drug-likeness (QED) is 0.832. The van der Waals surface area contributed by atoms with E-state index in [2.05, 4.69) is 0 Å². The summed E-state index contributed by atoms with van der Waals surface area (Å²) in [4.78, 5) is 29.3. The van der Waals surface area contributed by atoms with Gasteiger partial charge in [0.1, 0.15) is 5.75 Å². The van der Waals surface area contributed by atoms with E-state index in [0.717, 1.165) is 49.2 Å². The number of aryl methyl sites for hydroxylation is 1. The molecule has 1 aliphatic carbocycles. The van der Waals surface area contributed by atoms with E-state index in [1.54, 1.807) is 7.11 Å². The van der Waals surface area contributed by atoms with Crippen LogP contribution in [0, 0.1) is 12.8 Å². The summed E-state index contributed by atoms with van der Waals surface area (Å²) in [6.07, 6.45) is 5.62. The maximum atomic E-state index is 12.8. The molecule has 1 heterocycles. The molecular formula is C21H30N2O3. The topological polar surface area (TPSA) is 49.9 Å². The van der Waals surface area contributed by atoms with Gasteiger partial charge in [0, 0.05) is 37.7 Å². The van der Waals surface area contributed by atoms with Crippen LogP contribution >= 0.6 is 0 Å². The van der Waals surface area contributed by atoms with Gasteiger partial charge in [-0.2, -0.15) is 0 Å². The number of amides is 2. The Morgan fingerprint density at radius 1 is 1.04 bits per heavy atom. The molecule has 1 aromatic rings. The van der Waals surface area contributed by atoms with E-state index in [-0.39, 0.29) is 11.8 Å². The third kappa shape index (κ3) is 4.37. The normalized spacial score (nSPS) is 18.7. The van der Waals surface area contributed by atoms with Crippen molar-refractivity contribution in [1.29, 1.82) is 0 Å². The number of benzene rings is 1. The summed E-state index contributed by atoms with van der Waals surface area (Å²) in [5.74, 6) is 1.40. The van der Waals surface area contributed by atoms with Gasteiger partial charge >= 0.3 is 0 Å². The molecule has 0 unspecified atom stereocenters. The zero-order chi connectivity index (χ0) is 18.5. The number of rotatable bonds is 4. The van der Waals surface area contributed by atoms with Crippen LogP contribution in [-0.2, 0) is 16.0 Å². The van der Waals surface area contributed by atoms with E-state index in [1.165, 1.54) is 12.8 Å². The molecule has 1 aliphatic heterocycles. The number of hydrogen-bond acceptors (Lipinski definition) is 3. The number of hydrogen-bond donors (Lipinski definition) is 0. The van der Waals surface area contributed by atoms with E-state index < -0.39 is 0 Å². The summed E-state index contributed by atoms with van der Waals surface area (Å²) in [7, 11) is 1.64. The predicted octanol–water partition coefficient (Wildman–Crippen LogP) is 2.80. The van der Waals surface area contributed by atoms with Crippen molar-refractivity contribution in [1.82, 2.24) is 9.80 Å². The third-order valence-electron chi connectivity index (χ3n) is 5.64. The van der Waals surface area contributed by atoms with Crippen LogP contribution < -0.4 is 4.74 Å². The molecule has 3 rings (SSSR count). The first-order valence-electron chi connectivity index (χ1n) is 9.78. The summed E-state index contributed by atoms with van der Waals surface area (Å²) in [6, 6.07) is 5.93. The van der Waals surface area contributed by atoms with Crippen molar-refractivity contribution in [2.75, 3.05) is 33.3 Å². The average molecular weight is 358 g/mol. The summed E-state index contributed by atoms with van der Waals surface area (Å²) in [5, 5.41) is 0. The molecule has 26 heavy (non-hydrogen) atoms. The minimum Gasteiger partial charge on any atom is -0.496 e. The number of ether oxygens (including phenoxy) is 1. The van der Waals surface area contributed by atoms with E-state index in [1.807, 2.05) is 34.9 Å². The van der Waals surface area contributed by atoms with Gasteiger partial charge in [-0.25, -0.2) is 0 Å². The van der Waals surface area contributed by atoms with E-state index in [4.69, 9.17) is 4.74 Å². The highest BCUT2D eigenvalue weighted by Crippen LogP contribution is 2.27. The Kier molecular flexibility index (Phi) is 6.17. The van der Waals surface area contributed by atoms with Gasteiger partial charge in [-0.3, -0.25) is 9.59 Å². The molecule has 0 bridgehead atoms. The summed E-state index contributed by atoms with van der Waals surface area (Å²) in [5.41, 5.74) is 2.05. The second-order valence-electron chi connectivity index (χ2n) is 7.53. The van der Waals surface area contributed by atoms with E-state index in [9.17, 15) is 9.59 Å². The zero-order valence-electron chi connectivity index (χ0n) is 16.0. The lowest BCUT2D eigenvalue weighted by molar-refractivity contribution is -0.136. The van der Waals surface area contributed by atoms with Crippen LogP contribution in [0.1, 0.15) is 43.2 Å². The van der Waals surface area contributed by atoms with Crippen molar-refractivity contribution < 1.29 is 14.3 Å². The first-order chi connectivity index (χ1) is 12.6. The highest BCUT2D eigenvalue weighted by Gasteiger charge is 2.29. The minimum absolute atomic E-state index is 0.115. The van der Waals surface area contributed by atoms with Crippen LogP contribution in [0.25, 0.3) is 0 Å². The molecule has 142 valence electrons. The molecule has 2 amide bonds. The number of methoxy groups -OCH3 is 1. The van der Waals surface area contributed by atoms with Crippen molar-refractivity contribution in [3.63, 3.8) is 0 Å². The maximum Gasteiger partial charge on any atom is 0.227 e. The second kappa shape index (κ2) is 8.56. The molecule has 0 atom stereocenters. The monoisotopic (exact) mass is 358 g/mol. The van der Waals surface area contributed by atoms with Crippen molar-refractivity contribution in [2.45, 2.75) is 45.4 Å². The molecule has 0 aromatic heterocycles. The zero-order valence-corrected chi connectivity index (χ0v) is 16.0. The minimum atomic E-state index is 0.115. The number of carbonyl (C=O) groups is 2. The van der Waals surface area contributed by atoms with Gasteiger partial charge in [0.05, 0.1) is 13.5 Å². The number of nitrogens with zero attached hydrogens (tertiary/aromatic N) is 2. The Labute approximate surface area is 156 Å². The molecule has 1 saturated heterocycles. The molecule has 1 saturated carbocycles. The highest BCUT2D eigenvalue weighted by molar-refractivity contribution is 5.81. The molecule has 5 nitrogen and oxygen atoms in total. The lowest BCUT2D eigenvalue weighted by Crippen LogP contribution is -2.39. The first-order valence-corrected chi connectivity index (χ1v) is 9.78. The van der Waals surface area contributed by atoms with Crippen molar-refractivity contribution in [3.8, 4) is 5.75 Å². The standard InChI is InChI=1S/C21H30N2O3/c1-16-8-9-19(26-2)18(14-16)15-20(24)22-10-5-11-23(13-12-22)21(25)17-6-3-4-7-17/h8-9,14,17H,3-7,10-13,15H2,1-2H3. The fraction of sp³-hybridized carbons (Fsp3) is 0.619. The Bertz CT molecular complexity index is 653. The molecule has 5 heteroatoms. The van der Waals surface area contributed by atoms with Gasteiger partial charge in [-0.05, 0) is 32.3 Å². The fourth-order valence-corrected chi connectivity index (χ4v) is 4.14. The molecule has 1 aromatic carbocycles. The average Bonchev–Trinajstić information content (AvgIpc) is 3.05. The van der Waals surface area contributed by atoms with Gasteiger partial charge in [-0.15, -0.1) is 0 Å². The van der Waals surface area contributed by atoms with E-state index >= 15 is 0 Å². The van der Waals surface area contributed by atoms with Gasteiger partial charge in [0.2, 0.25) is 11.8 Å². The maximum absolute atomic E-state index is 12.8. The molecular weight excluding hydrogens is 328 g/mol. The molecule has 0 spiro atoms. The molecule has 0 N–H and O–H groups in total. The van der Waals surface area contributed by atoms with Gasteiger partial charge in [-0.1, -0.05) is 30.5 Å². The van der Waals surface area contributed by atoms with Gasteiger partial charge in [0.25, 0.3) is 0 Å². The smallest absolute Gasteiger partial charge is 0.227 e. The Balaban J connectivity index is 1.59. The lowest BCUT2D eigenvalue weighted by atomic mass is 10.1. The summed E-state index contributed by atoms with van der Waals surface area (Å²) in [6.45, 7) is 4.80. The molecule has 2 aliphatic rings. The fourth-order valence-electron chi connectivity index (χ4n) is 4.14. The Morgan fingerprint density at radius 3 is 2.46 bits per heavy atom. The van der Waals surface area contributed by atoms with Crippen LogP contribution in [-0.4, -0.2) is 54.9 Å². The van der Waals surface area contributed by atoms with Crippen LogP contribution in [0.15, 0.2) is 18.2 Å². The highest BCUT2D eigenvalue weighted by atomic mass is 16.5. The summed E-state index contributed by atoms with van der Waals surface area (Å²) < 4.78 is 5.40. The van der Waals surface area contributed by atoms with Crippen molar-refractivity contribution >= 4 is 11.8 Å². The number of carbonyl (C=O) groups excluding carboxylic acids is 2. The van der Waals surface area contributed by atoms with E-state index in [0.29, 0.717) is 25.4 Å². The lowest BCUT2D eigenvalue weighted by Gasteiger charge is -2.24. The Hall–Kier alpha value is -2.04. The van der Waals surface area contributed by atoms with Gasteiger partial charge < -0.3 is 14.5 Å².